The van der Waals surface area contributed by atoms with Gasteiger partial charge in [-0.3, -0.25) is 14.5 Å². The second-order valence-corrected chi connectivity index (χ2v) is 8.31. The van der Waals surface area contributed by atoms with Crippen molar-refractivity contribution < 1.29 is 23.8 Å². The molecule has 3 aromatic rings. The zero-order valence-corrected chi connectivity index (χ0v) is 18.8. The third-order valence-electron chi connectivity index (χ3n) is 5.05. The standard InChI is InChI=1S/C24H24N2O5S/c1-16-24(28)26(14-23(27)30-11-10-29-2)20-13-18(8-9-21(20)31-16)19-15-32-22(25-19)12-17-6-4-3-5-7-17/h3-9,13,15-16H,10-12,14H2,1-2H3. The predicted molar refractivity (Wildman–Crippen MR) is 122 cm³/mol. The molecule has 1 aliphatic heterocycles. The van der Waals surface area contributed by atoms with Crippen LogP contribution in [-0.2, 0) is 25.5 Å². The lowest BCUT2D eigenvalue weighted by atomic mass is 10.1. The summed E-state index contributed by atoms with van der Waals surface area (Å²) in [5.41, 5.74) is 3.40. The van der Waals surface area contributed by atoms with Crippen LogP contribution in [0.5, 0.6) is 5.75 Å². The molecule has 0 N–H and O–H groups in total. The summed E-state index contributed by atoms with van der Waals surface area (Å²) in [6, 6.07) is 15.7. The Morgan fingerprint density at radius 2 is 2.00 bits per heavy atom. The summed E-state index contributed by atoms with van der Waals surface area (Å²) in [7, 11) is 1.53. The third kappa shape index (κ3) is 4.98. The van der Waals surface area contributed by atoms with Crippen LogP contribution in [0.3, 0.4) is 0 Å². The number of nitrogens with zero attached hydrogens (tertiary/aromatic N) is 2. The van der Waals surface area contributed by atoms with Gasteiger partial charge in [0.15, 0.2) is 6.10 Å². The molecule has 0 aliphatic carbocycles. The van der Waals surface area contributed by atoms with Gasteiger partial charge in [-0.15, -0.1) is 11.3 Å². The Kier molecular flexibility index (Phi) is 6.82. The zero-order valence-electron chi connectivity index (χ0n) is 17.9. The van der Waals surface area contributed by atoms with E-state index in [2.05, 4.69) is 12.1 Å². The quantitative estimate of drug-likeness (QED) is 0.383. The lowest BCUT2D eigenvalue weighted by Crippen LogP contribution is -2.47. The fraction of sp³-hybridized carbons (Fsp3) is 0.292. The van der Waals surface area contributed by atoms with Crippen LogP contribution in [0.4, 0.5) is 5.69 Å². The molecule has 4 rings (SSSR count). The first-order chi connectivity index (χ1) is 15.5. The molecule has 1 aromatic heterocycles. The van der Waals surface area contributed by atoms with Gasteiger partial charge >= 0.3 is 5.97 Å². The van der Waals surface area contributed by atoms with E-state index < -0.39 is 12.1 Å². The number of fused-ring (bicyclic) bond motifs is 1. The van der Waals surface area contributed by atoms with E-state index in [4.69, 9.17) is 19.2 Å². The van der Waals surface area contributed by atoms with Crippen LogP contribution < -0.4 is 9.64 Å². The van der Waals surface area contributed by atoms with Crippen LogP contribution in [0.25, 0.3) is 11.3 Å². The number of amides is 1. The molecule has 32 heavy (non-hydrogen) atoms. The molecule has 0 radical (unpaired) electrons. The van der Waals surface area contributed by atoms with Crippen LogP contribution >= 0.6 is 11.3 Å². The molecule has 1 amide bonds. The minimum atomic E-state index is -0.683. The summed E-state index contributed by atoms with van der Waals surface area (Å²) in [5, 5.41) is 3.00. The summed E-state index contributed by atoms with van der Waals surface area (Å²) in [6.07, 6.45) is 0.0755. The Hall–Kier alpha value is -3.23. The van der Waals surface area contributed by atoms with Gasteiger partial charge in [-0.2, -0.15) is 0 Å². The van der Waals surface area contributed by atoms with Gasteiger partial charge < -0.3 is 14.2 Å². The lowest BCUT2D eigenvalue weighted by Gasteiger charge is -2.32. The SMILES string of the molecule is COCCOC(=O)CN1C(=O)C(C)Oc2ccc(-c3csc(Cc4ccccc4)n3)cc21. The number of hydrogen-bond acceptors (Lipinski definition) is 7. The van der Waals surface area contributed by atoms with E-state index in [-0.39, 0.29) is 19.1 Å². The van der Waals surface area contributed by atoms with Crippen molar-refractivity contribution in [1.82, 2.24) is 4.98 Å². The molecule has 7 nitrogen and oxygen atoms in total. The van der Waals surface area contributed by atoms with E-state index in [1.165, 1.54) is 17.6 Å². The molecule has 1 aliphatic rings. The summed E-state index contributed by atoms with van der Waals surface area (Å²) < 4.78 is 15.8. The highest BCUT2D eigenvalue weighted by Gasteiger charge is 2.33. The number of ether oxygens (including phenoxy) is 3. The number of hydrogen-bond donors (Lipinski definition) is 0. The van der Waals surface area contributed by atoms with Crippen molar-refractivity contribution in [1.29, 1.82) is 0 Å². The smallest absolute Gasteiger partial charge is 0.326 e. The van der Waals surface area contributed by atoms with E-state index in [1.807, 2.05) is 41.8 Å². The average Bonchev–Trinajstić information content (AvgIpc) is 3.26. The van der Waals surface area contributed by atoms with Crippen molar-refractivity contribution >= 4 is 28.9 Å². The molecule has 0 bridgehead atoms. The number of carbonyl (C=O) groups excluding carboxylic acids is 2. The fourth-order valence-electron chi connectivity index (χ4n) is 3.44. The summed E-state index contributed by atoms with van der Waals surface area (Å²) >= 11 is 1.59. The van der Waals surface area contributed by atoms with Gasteiger partial charge in [0.1, 0.15) is 18.9 Å². The van der Waals surface area contributed by atoms with Crippen molar-refractivity contribution in [3.8, 4) is 17.0 Å². The molecule has 1 unspecified atom stereocenters. The van der Waals surface area contributed by atoms with E-state index >= 15 is 0 Å². The molecule has 8 heteroatoms. The molecule has 0 fully saturated rings. The Labute approximate surface area is 190 Å². The average molecular weight is 453 g/mol. The first-order valence-electron chi connectivity index (χ1n) is 10.3. The number of anilines is 1. The van der Waals surface area contributed by atoms with Crippen LogP contribution in [0.2, 0.25) is 0 Å². The normalized spacial score (nSPS) is 15.2. The number of thiazole rings is 1. The van der Waals surface area contributed by atoms with Gasteiger partial charge in [0.05, 0.1) is 23.0 Å². The van der Waals surface area contributed by atoms with E-state index in [0.29, 0.717) is 18.0 Å². The highest BCUT2D eigenvalue weighted by atomic mass is 32.1. The highest BCUT2D eigenvalue weighted by Crippen LogP contribution is 2.37. The van der Waals surface area contributed by atoms with Crippen molar-refractivity contribution in [3.05, 3.63) is 64.5 Å². The maximum absolute atomic E-state index is 12.8. The van der Waals surface area contributed by atoms with Gasteiger partial charge in [-0.25, -0.2) is 4.98 Å². The monoisotopic (exact) mass is 452 g/mol. The number of aromatic nitrogens is 1. The second kappa shape index (κ2) is 9.93. The molecule has 0 saturated heterocycles. The van der Waals surface area contributed by atoms with Crippen LogP contribution in [-0.4, -0.2) is 49.8 Å². The molecular weight excluding hydrogens is 428 g/mol. The first kappa shape index (κ1) is 22.0. The van der Waals surface area contributed by atoms with Gasteiger partial charge in [-0.1, -0.05) is 30.3 Å². The largest absolute Gasteiger partial charge is 0.479 e. The number of carbonyl (C=O) groups is 2. The van der Waals surface area contributed by atoms with Crippen LogP contribution in [0.1, 0.15) is 17.5 Å². The topological polar surface area (TPSA) is 78.0 Å². The zero-order chi connectivity index (χ0) is 22.5. The van der Waals surface area contributed by atoms with Gasteiger partial charge in [0.25, 0.3) is 5.91 Å². The van der Waals surface area contributed by atoms with Crippen LogP contribution in [0.15, 0.2) is 53.9 Å². The maximum Gasteiger partial charge on any atom is 0.326 e. The van der Waals surface area contributed by atoms with Crippen molar-refractivity contribution in [2.24, 2.45) is 0 Å². The molecule has 0 spiro atoms. The van der Waals surface area contributed by atoms with Gasteiger partial charge in [-0.05, 0) is 30.7 Å². The summed E-state index contributed by atoms with van der Waals surface area (Å²) in [6.45, 7) is 1.91. The van der Waals surface area contributed by atoms with E-state index in [0.717, 1.165) is 22.7 Å². The Bertz CT molecular complexity index is 1100. The maximum atomic E-state index is 12.8. The minimum absolute atomic E-state index is 0.138. The van der Waals surface area contributed by atoms with E-state index in [9.17, 15) is 9.59 Å². The molecule has 0 saturated carbocycles. The lowest BCUT2D eigenvalue weighted by molar-refractivity contribution is -0.144. The molecule has 2 aromatic carbocycles. The Morgan fingerprint density at radius 1 is 1.19 bits per heavy atom. The van der Waals surface area contributed by atoms with Crippen molar-refractivity contribution in [2.75, 3.05) is 31.8 Å². The third-order valence-corrected chi connectivity index (χ3v) is 5.90. The van der Waals surface area contributed by atoms with Crippen molar-refractivity contribution in [3.63, 3.8) is 0 Å². The first-order valence-corrected chi connectivity index (χ1v) is 11.2. The number of methoxy groups -OCH3 is 1. The molecule has 166 valence electrons. The number of esters is 1. The number of rotatable bonds is 8. The molecule has 1 atom stereocenters. The molecular formula is C24H24N2O5S. The molecule has 2 heterocycles. The van der Waals surface area contributed by atoms with Gasteiger partial charge in [0, 0.05) is 24.5 Å². The summed E-state index contributed by atoms with van der Waals surface area (Å²) in [4.78, 5) is 31.2. The highest BCUT2D eigenvalue weighted by molar-refractivity contribution is 7.10. The van der Waals surface area contributed by atoms with Gasteiger partial charge in [0.2, 0.25) is 0 Å². The summed E-state index contributed by atoms with van der Waals surface area (Å²) in [5.74, 6) is -0.244. The predicted octanol–water partition coefficient (Wildman–Crippen LogP) is 3.70. The minimum Gasteiger partial charge on any atom is -0.479 e. The Morgan fingerprint density at radius 3 is 2.78 bits per heavy atom. The number of benzene rings is 2. The van der Waals surface area contributed by atoms with Crippen molar-refractivity contribution in [2.45, 2.75) is 19.4 Å². The Balaban J connectivity index is 1.56. The fourth-order valence-corrected chi connectivity index (χ4v) is 4.28. The van der Waals surface area contributed by atoms with E-state index in [1.54, 1.807) is 18.3 Å². The van der Waals surface area contributed by atoms with Crippen LogP contribution in [0, 0.1) is 0 Å². The second-order valence-electron chi connectivity index (χ2n) is 7.37.